The second kappa shape index (κ2) is 8.58. The number of likely N-dealkylation sites (tertiary alicyclic amines) is 1. The number of benzene rings is 2. The van der Waals surface area contributed by atoms with Gasteiger partial charge in [0.05, 0.1) is 6.04 Å². The Labute approximate surface area is 174 Å². The van der Waals surface area contributed by atoms with Crippen molar-refractivity contribution in [2.24, 2.45) is 0 Å². The van der Waals surface area contributed by atoms with Crippen molar-refractivity contribution in [2.75, 3.05) is 20.1 Å². The highest BCUT2D eigenvalue weighted by Gasteiger charge is 2.43. The zero-order chi connectivity index (χ0) is 20.3. The van der Waals surface area contributed by atoms with Gasteiger partial charge in [0.2, 0.25) is 0 Å². The van der Waals surface area contributed by atoms with Crippen LogP contribution in [0.1, 0.15) is 66.6 Å². The molecular weight excluding hydrogens is 360 g/mol. The van der Waals surface area contributed by atoms with Crippen LogP contribution in [0.3, 0.4) is 0 Å². The van der Waals surface area contributed by atoms with Crippen LogP contribution in [-0.4, -0.2) is 36.5 Å². The maximum atomic E-state index is 13.0. The van der Waals surface area contributed by atoms with Crippen LogP contribution >= 0.6 is 0 Å². The van der Waals surface area contributed by atoms with E-state index < -0.39 is 0 Å². The molecule has 0 bridgehead atoms. The molecule has 1 saturated heterocycles. The van der Waals surface area contributed by atoms with E-state index in [0.29, 0.717) is 0 Å². The number of nitrogens with one attached hydrogen (secondary N) is 1. The van der Waals surface area contributed by atoms with Gasteiger partial charge in [-0.25, -0.2) is 0 Å². The Balaban J connectivity index is 1.51. The lowest BCUT2D eigenvalue weighted by molar-refractivity contribution is -0.0195. The number of amides is 1. The minimum atomic E-state index is -0.178. The monoisotopic (exact) mass is 392 g/mol. The molecule has 0 radical (unpaired) electrons. The normalized spacial score (nSPS) is 20.7. The van der Waals surface area contributed by atoms with Crippen molar-refractivity contribution in [3.63, 3.8) is 0 Å². The van der Waals surface area contributed by atoms with Gasteiger partial charge in [0.15, 0.2) is 0 Å². The van der Waals surface area contributed by atoms with Crippen LogP contribution in [0, 0.1) is 0 Å². The van der Waals surface area contributed by atoms with Gasteiger partial charge in [-0.05, 0) is 56.5 Å². The third-order valence-electron chi connectivity index (χ3n) is 6.44. The highest BCUT2D eigenvalue weighted by Crippen LogP contribution is 2.44. The van der Waals surface area contributed by atoms with E-state index in [1.54, 1.807) is 0 Å². The topological polar surface area (TPSA) is 41.6 Å². The lowest BCUT2D eigenvalue weighted by Crippen LogP contribution is -2.51. The minimum Gasteiger partial charge on any atom is -0.487 e. The summed E-state index contributed by atoms with van der Waals surface area (Å²) in [5, 5.41) is 3.30. The molecule has 0 unspecified atom stereocenters. The number of hydrogen-bond acceptors (Lipinski definition) is 3. The first-order valence-corrected chi connectivity index (χ1v) is 10.9. The second-order valence-electron chi connectivity index (χ2n) is 8.66. The molecule has 2 aliphatic heterocycles. The van der Waals surface area contributed by atoms with Crippen LogP contribution in [0.5, 0.6) is 5.75 Å². The number of piperidine rings is 1. The molecule has 2 heterocycles. The summed E-state index contributed by atoms with van der Waals surface area (Å²) in [6.07, 6.45) is 6.26. The molecule has 154 valence electrons. The maximum absolute atomic E-state index is 13.0. The van der Waals surface area contributed by atoms with Crippen molar-refractivity contribution in [3.8, 4) is 5.75 Å². The molecule has 2 aromatic rings. The van der Waals surface area contributed by atoms with E-state index in [4.69, 9.17) is 4.74 Å². The average Bonchev–Trinajstić information content (AvgIpc) is 2.75. The third-order valence-corrected chi connectivity index (χ3v) is 6.44. The lowest BCUT2D eigenvalue weighted by atomic mass is 9.80. The molecule has 29 heavy (non-hydrogen) atoms. The predicted molar refractivity (Wildman–Crippen MR) is 116 cm³/mol. The van der Waals surface area contributed by atoms with E-state index in [1.807, 2.05) is 30.3 Å². The number of rotatable bonds is 5. The molecule has 0 aromatic heterocycles. The highest BCUT2D eigenvalue weighted by atomic mass is 16.5. The first-order chi connectivity index (χ1) is 14.1. The number of carbonyl (C=O) groups is 1. The number of fused-ring (bicyclic) bond motifs is 1. The number of ether oxygens (including phenoxy) is 1. The number of unbranched alkanes of at least 4 members (excludes halogenated alkanes) is 1. The summed E-state index contributed by atoms with van der Waals surface area (Å²) < 4.78 is 6.50. The smallest absolute Gasteiger partial charge is 0.251 e. The predicted octanol–water partition coefficient (Wildman–Crippen LogP) is 4.75. The summed E-state index contributed by atoms with van der Waals surface area (Å²) in [4.78, 5) is 15.4. The summed E-state index contributed by atoms with van der Waals surface area (Å²) in [5.74, 6) is 0.917. The zero-order valence-electron chi connectivity index (χ0n) is 17.6. The fraction of sp³-hybridized carbons (Fsp3) is 0.480. The first kappa shape index (κ1) is 20.0. The number of aryl methyl sites for hydroxylation is 1. The van der Waals surface area contributed by atoms with Crippen LogP contribution in [0.2, 0.25) is 0 Å². The Morgan fingerprint density at radius 2 is 1.86 bits per heavy atom. The van der Waals surface area contributed by atoms with Gasteiger partial charge in [0.1, 0.15) is 11.4 Å². The van der Waals surface area contributed by atoms with Gasteiger partial charge in [0, 0.05) is 30.6 Å². The van der Waals surface area contributed by atoms with Crippen molar-refractivity contribution in [1.29, 1.82) is 0 Å². The van der Waals surface area contributed by atoms with E-state index in [0.717, 1.165) is 55.6 Å². The molecule has 2 aromatic carbocycles. The zero-order valence-corrected chi connectivity index (χ0v) is 17.6. The summed E-state index contributed by atoms with van der Waals surface area (Å²) in [6, 6.07) is 16.2. The first-order valence-electron chi connectivity index (χ1n) is 10.9. The minimum absolute atomic E-state index is 0.00294. The largest absolute Gasteiger partial charge is 0.487 e. The second-order valence-corrected chi connectivity index (χ2v) is 8.66. The third kappa shape index (κ3) is 4.48. The molecule has 0 saturated carbocycles. The quantitative estimate of drug-likeness (QED) is 0.799. The fourth-order valence-electron chi connectivity index (χ4n) is 4.52. The summed E-state index contributed by atoms with van der Waals surface area (Å²) >= 11 is 0. The molecule has 4 rings (SSSR count). The number of para-hydroxylation sites is 1. The number of nitrogens with zero attached hydrogens (tertiary/aromatic N) is 1. The molecule has 1 fully saturated rings. The average molecular weight is 393 g/mol. The standard InChI is InChI=1S/C25H32N2O2/c1-3-4-7-19-10-12-20(13-11-19)24(28)26-22-18-25(14-16-27(2)17-15-25)29-23-9-6-5-8-21(22)23/h5-6,8-13,22H,3-4,7,14-18H2,1-2H3,(H,26,28)/t22-/m0/s1. The molecule has 1 atom stereocenters. The van der Waals surface area contributed by atoms with Gasteiger partial charge >= 0.3 is 0 Å². The van der Waals surface area contributed by atoms with Crippen LogP contribution in [0.25, 0.3) is 0 Å². The molecule has 1 N–H and O–H groups in total. The van der Waals surface area contributed by atoms with Gasteiger partial charge < -0.3 is 15.0 Å². The molecule has 4 heteroatoms. The van der Waals surface area contributed by atoms with E-state index in [2.05, 4.69) is 42.4 Å². The van der Waals surface area contributed by atoms with Gasteiger partial charge in [-0.2, -0.15) is 0 Å². The van der Waals surface area contributed by atoms with Crippen LogP contribution < -0.4 is 10.1 Å². The lowest BCUT2D eigenvalue weighted by Gasteiger charge is -2.46. The van der Waals surface area contributed by atoms with Gasteiger partial charge in [0.25, 0.3) is 5.91 Å². The van der Waals surface area contributed by atoms with Crippen LogP contribution in [-0.2, 0) is 6.42 Å². The Morgan fingerprint density at radius 3 is 2.59 bits per heavy atom. The van der Waals surface area contributed by atoms with Crippen molar-refractivity contribution >= 4 is 5.91 Å². The molecule has 1 spiro atoms. The van der Waals surface area contributed by atoms with Gasteiger partial charge in [-0.3, -0.25) is 4.79 Å². The van der Waals surface area contributed by atoms with Crippen LogP contribution in [0.4, 0.5) is 0 Å². The van der Waals surface area contributed by atoms with Crippen molar-refractivity contribution < 1.29 is 9.53 Å². The number of carbonyl (C=O) groups excluding carboxylic acids is 1. The van der Waals surface area contributed by atoms with Crippen molar-refractivity contribution in [3.05, 3.63) is 65.2 Å². The van der Waals surface area contributed by atoms with Gasteiger partial charge in [-0.1, -0.05) is 43.7 Å². The maximum Gasteiger partial charge on any atom is 0.251 e. The Morgan fingerprint density at radius 1 is 1.14 bits per heavy atom. The molecule has 1 amide bonds. The molecule has 4 nitrogen and oxygen atoms in total. The summed E-state index contributed by atoms with van der Waals surface area (Å²) in [6.45, 7) is 4.26. The molecule has 2 aliphatic rings. The van der Waals surface area contributed by atoms with E-state index in [1.165, 1.54) is 18.4 Å². The van der Waals surface area contributed by atoms with Crippen molar-refractivity contribution in [1.82, 2.24) is 10.2 Å². The summed E-state index contributed by atoms with van der Waals surface area (Å²) in [7, 11) is 2.16. The van der Waals surface area contributed by atoms with E-state index >= 15 is 0 Å². The van der Waals surface area contributed by atoms with E-state index in [9.17, 15) is 4.79 Å². The SMILES string of the molecule is CCCCc1ccc(C(=O)N[C@H]2CC3(CCN(C)CC3)Oc3ccccc32)cc1. The highest BCUT2D eigenvalue weighted by molar-refractivity contribution is 5.94. The van der Waals surface area contributed by atoms with Crippen LogP contribution in [0.15, 0.2) is 48.5 Å². The van der Waals surface area contributed by atoms with Gasteiger partial charge in [-0.15, -0.1) is 0 Å². The molecular formula is C25H32N2O2. The Hall–Kier alpha value is -2.33. The molecule has 0 aliphatic carbocycles. The van der Waals surface area contributed by atoms with Crippen molar-refractivity contribution in [2.45, 2.75) is 57.1 Å². The van der Waals surface area contributed by atoms with E-state index in [-0.39, 0.29) is 17.6 Å². The Bertz CT molecular complexity index is 838. The number of hydrogen-bond donors (Lipinski definition) is 1. The fourth-order valence-corrected chi connectivity index (χ4v) is 4.52. The summed E-state index contributed by atoms with van der Waals surface area (Å²) in [5.41, 5.74) is 2.93. The Kier molecular flexibility index (Phi) is 5.91.